The van der Waals surface area contributed by atoms with Gasteiger partial charge >= 0.3 is 0 Å². The van der Waals surface area contributed by atoms with Gasteiger partial charge in [0.1, 0.15) is 18.0 Å². The van der Waals surface area contributed by atoms with Gasteiger partial charge in [0.25, 0.3) is 11.8 Å². The van der Waals surface area contributed by atoms with Crippen LogP contribution in [0.5, 0.6) is 11.5 Å². The van der Waals surface area contributed by atoms with Gasteiger partial charge in [0.15, 0.2) is 6.61 Å². The Bertz CT molecular complexity index is 1370. The Morgan fingerprint density at radius 2 is 1.65 bits per heavy atom. The van der Waals surface area contributed by atoms with E-state index in [2.05, 4.69) is 15.8 Å². The second-order valence-corrected chi connectivity index (χ2v) is 9.86. The summed E-state index contributed by atoms with van der Waals surface area (Å²) >= 11 is 0. The highest BCUT2D eigenvalue weighted by atomic mass is 32.2. The minimum absolute atomic E-state index is 0.195. The molecule has 3 rings (SSSR count). The van der Waals surface area contributed by atoms with Gasteiger partial charge in [-0.1, -0.05) is 30.3 Å². The van der Waals surface area contributed by atoms with Crippen LogP contribution >= 0.6 is 0 Å². The summed E-state index contributed by atoms with van der Waals surface area (Å²) in [6, 6.07) is 20.7. The molecule has 0 saturated heterocycles. The number of carbonyl (C=O) groups excluding carboxylic acids is 2. The summed E-state index contributed by atoms with van der Waals surface area (Å²) in [6.07, 6.45) is 2.45. The first-order valence-electron chi connectivity index (χ1n) is 11.2. The molecule has 11 heteroatoms. The fraction of sp³-hybridized carbons (Fsp3) is 0.192. The number of hydrogen-bond acceptors (Lipinski definition) is 7. The maximum absolute atomic E-state index is 12.4. The third-order valence-corrected chi connectivity index (χ3v) is 6.23. The number of amides is 2. The van der Waals surface area contributed by atoms with E-state index in [1.54, 1.807) is 79.7 Å². The maximum atomic E-state index is 12.4. The van der Waals surface area contributed by atoms with Crippen molar-refractivity contribution in [3.63, 3.8) is 0 Å². The van der Waals surface area contributed by atoms with Crippen molar-refractivity contribution in [2.45, 2.75) is 6.92 Å². The van der Waals surface area contributed by atoms with E-state index in [9.17, 15) is 18.0 Å². The molecule has 0 bridgehead atoms. The van der Waals surface area contributed by atoms with Crippen LogP contribution < -0.4 is 24.5 Å². The highest BCUT2D eigenvalue weighted by Crippen LogP contribution is 2.23. The van der Waals surface area contributed by atoms with Gasteiger partial charge in [-0.15, -0.1) is 0 Å². The Morgan fingerprint density at radius 1 is 0.973 bits per heavy atom. The van der Waals surface area contributed by atoms with Gasteiger partial charge in [-0.3, -0.25) is 13.9 Å². The second-order valence-electron chi connectivity index (χ2n) is 7.96. The normalized spacial score (nSPS) is 11.1. The molecule has 0 fully saturated rings. The van der Waals surface area contributed by atoms with Gasteiger partial charge in [-0.2, -0.15) is 5.10 Å². The molecule has 37 heavy (non-hydrogen) atoms. The molecule has 0 aliphatic heterocycles. The molecule has 0 aromatic heterocycles. The molecule has 0 heterocycles. The maximum Gasteiger partial charge on any atom is 0.262 e. The van der Waals surface area contributed by atoms with Crippen LogP contribution in [0.25, 0.3) is 0 Å². The molecular formula is C26H28N4O6S. The van der Waals surface area contributed by atoms with Crippen molar-refractivity contribution in [3.8, 4) is 11.5 Å². The van der Waals surface area contributed by atoms with Crippen LogP contribution in [0.1, 0.15) is 11.1 Å². The van der Waals surface area contributed by atoms with Crippen LogP contribution in [-0.4, -0.2) is 53.0 Å². The second kappa shape index (κ2) is 12.5. The number of para-hydroxylation sites is 3. The van der Waals surface area contributed by atoms with E-state index in [0.717, 1.165) is 16.1 Å². The van der Waals surface area contributed by atoms with Crippen LogP contribution in [0.2, 0.25) is 0 Å². The van der Waals surface area contributed by atoms with Gasteiger partial charge in [0, 0.05) is 0 Å². The summed E-state index contributed by atoms with van der Waals surface area (Å²) in [4.78, 5) is 24.5. The number of rotatable bonds is 11. The van der Waals surface area contributed by atoms with E-state index in [1.165, 1.54) is 13.3 Å². The summed E-state index contributed by atoms with van der Waals surface area (Å²) in [5, 5.41) is 6.62. The van der Waals surface area contributed by atoms with Gasteiger partial charge in [-0.25, -0.2) is 13.8 Å². The number of carbonyl (C=O) groups is 2. The topological polar surface area (TPSA) is 126 Å². The molecule has 10 nitrogen and oxygen atoms in total. The first-order chi connectivity index (χ1) is 17.7. The molecule has 0 aliphatic carbocycles. The van der Waals surface area contributed by atoms with Crippen molar-refractivity contribution in [2.24, 2.45) is 5.10 Å². The highest BCUT2D eigenvalue weighted by Gasteiger charge is 2.21. The standard InChI is InChI=1S/C26H28N4O6S/c1-19-8-4-6-10-23(19)30(37(3,33)34)17-25(31)29-27-16-20-12-14-21(15-13-20)36-18-26(32)28-22-9-5-7-11-24(22)35-2/h4-16H,17-18H2,1-3H3,(H,28,32)(H,29,31)/b27-16-. The number of methoxy groups -OCH3 is 1. The van der Waals surface area contributed by atoms with Crippen molar-refractivity contribution in [3.05, 3.63) is 83.9 Å². The third-order valence-electron chi connectivity index (χ3n) is 5.11. The third kappa shape index (κ3) is 8.07. The first-order valence-corrected chi connectivity index (χ1v) is 13.0. The number of hydrazone groups is 1. The van der Waals surface area contributed by atoms with Gasteiger partial charge in [-0.05, 0) is 60.5 Å². The van der Waals surface area contributed by atoms with Crippen molar-refractivity contribution < 1.29 is 27.5 Å². The zero-order chi connectivity index (χ0) is 26.8. The van der Waals surface area contributed by atoms with Gasteiger partial charge in [0.2, 0.25) is 10.0 Å². The van der Waals surface area contributed by atoms with Crippen LogP contribution in [0.3, 0.4) is 0 Å². The molecule has 0 radical (unpaired) electrons. The smallest absolute Gasteiger partial charge is 0.262 e. The summed E-state index contributed by atoms with van der Waals surface area (Å²) in [5.74, 6) is 0.0850. The lowest BCUT2D eigenvalue weighted by atomic mass is 10.2. The molecule has 0 saturated carbocycles. The van der Waals surface area contributed by atoms with E-state index in [4.69, 9.17) is 9.47 Å². The van der Waals surface area contributed by atoms with Crippen LogP contribution in [-0.2, 0) is 19.6 Å². The van der Waals surface area contributed by atoms with E-state index in [-0.39, 0.29) is 12.5 Å². The number of nitrogens with zero attached hydrogens (tertiary/aromatic N) is 2. The largest absolute Gasteiger partial charge is 0.495 e. The Hall–Kier alpha value is -4.38. The molecule has 3 aromatic carbocycles. The molecule has 0 spiro atoms. The van der Waals surface area contributed by atoms with E-state index in [0.29, 0.717) is 28.4 Å². The van der Waals surface area contributed by atoms with Gasteiger partial charge < -0.3 is 14.8 Å². The molecule has 0 unspecified atom stereocenters. The molecule has 2 amide bonds. The number of benzene rings is 3. The lowest BCUT2D eigenvalue weighted by molar-refractivity contribution is -0.119. The minimum Gasteiger partial charge on any atom is -0.495 e. The van der Waals surface area contributed by atoms with E-state index in [1.807, 2.05) is 0 Å². The first kappa shape index (κ1) is 27.2. The number of aryl methyl sites for hydroxylation is 1. The van der Waals surface area contributed by atoms with E-state index >= 15 is 0 Å². The summed E-state index contributed by atoms with van der Waals surface area (Å²) in [5.41, 5.74) is 4.70. The van der Waals surface area contributed by atoms with Crippen molar-refractivity contribution in [1.82, 2.24) is 5.43 Å². The summed E-state index contributed by atoms with van der Waals surface area (Å²) < 4.78 is 36.2. The lowest BCUT2D eigenvalue weighted by Crippen LogP contribution is -2.39. The van der Waals surface area contributed by atoms with Crippen LogP contribution in [0.4, 0.5) is 11.4 Å². The molecule has 2 N–H and O–H groups in total. The number of anilines is 2. The molecular weight excluding hydrogens is 496 g/mol. The van der Waals surface area contributed by atoms with Crippen molar-refractivity contribution in [1.29, 1.82) is 0 Å². The zero-order valence-electron chi connectivity index (χ0n) is 20.7. The Morgan fingerprint density at radius 3 is 2.32 bits per heavy atom. The molecule has 3 aromatic rings. The predicted molar refractivity (Wildman–Crippen MR) is 143 cm³/mol. The minimum atomic E-state index is -3.68. The monoisotopic (exact) mass is 524 g/mol. The highest BCUT2D eigenvalue weighted by molar-refractivity contribution is 7.92. The Labute approximate surface area is 216 Å². The molecule has 194 valence electrons. The number of sulfonamides is 1. The molecule has 0 aliphatic rings. The number of nitrogens with one attached hydrogen (secondary N) is 2. The lowest BCUT2D eigenvalue weighted by Gasteiger charge is -2.23. The molecule has 0 atom stereocenters. The Kier molecular flexibility index (Phi) is 9.22. The average molecular weight is 525 g/mol. The quantitative estimate of drug-likeness (QED) is 0.293. The SMILES string of the molecule is COc1ccccc1NC(=O)COc1ccc(/C=N\NC(=O)CN(c2ccccc2C)S(C)(=O)=O)cc1. The summed E-state index contributed by atoms with van der Waals surface area (Å²) in [6.45, 7) is 1.16. The van der Waals surface area contributed by atoms with Crippen LogP contribution in [0, 0.1) is 6.92 Å². The number of ether oxygens (including phenoxy) is 2. The Balaban J connectivity index is 1.51. The van der Waals surface area contributed by atoms with Gasteiger partial charge in [0.05, 0.1) is 31.0 Å². The fourth-order valence-electron chi connectivity index (χ4n) is 3.30. The fourth-order valence-corrected chi connectivity index (χ4v) is 4.22. The number of hydrogen-bond donors (Lipinski definition) is 2. The predicted octanol–water partition coefficient (Wildman–Crippen LogP) is 2.94. The summed E-state index contributed by atoms with van der Waals surface area (Å²) in [7, 11) is -2.16. The zero-order valence-corrected chi connectivity index (χ0v) is 21.5. The van der Waals surface area contributed by atoms with Crippen molar-refractivity contribution in [2.75, 3.05) is 36.1 Å². The van der Waals surface area contributed by atoms with Crippen LogP contribution in [0.15, 0.2) is 77.9 Å². The average Bonchev–Trinajstić information content (AvgIpc) is 2.87. The van der Waals surface area contributed by atoms with Crippen molar-refractivity contribution >= 4 is 39.4 Å². The van der Waals surface area contributed by atoms with E-state index < -0.39 is 22.5 Å².